The number of nitrogens with one attached hydrogen (secondary N) is 2. The molecule has 3 rings (SSSR count). The number of anilines is 1. The summed E-state index contributed by atoms with van der Waals surface area (Å²) in [7, 11) is 0. The van der Waals surface area contributed by atoms with Crippen molar-refractivity contribution in [1.29, 1.82) is 0 Å². The molecule has 0 saturated carbocycles. The molecular formula is C19H16F6N4O. The van der Waals surface area contributed by atoms with Crippen molar-refractivity contribution in [2.75, 3.05) is 11.9 Å². The fourth-order valence-corrected chi connectivity index (χ4v) is 3.05. The van der Waals surface area contributed by atoms with Crippen molar-refractivity contribution in [1.82, 2.24) is 10.2 Å². The summed E-state index contributed by atoms with van der Waals surface area (Å²) in [6.07, 6.45) is -8.65. The molecule has 11 heteroatoms. The lowest BCUT2D eigenvalue weighted by molar-refractivity contribution is -0.143. The molecule has 0 aliphatic rings. The van der Waals surface area contributed by atoms with Gasteiger partial charge in [0, 0.05) is 11.1 Å². The van der Waals surface area contributed by atoms with Crippen molar-refractivity contribution in [3.63, 3.8) is 0 Å². The monoisotopic (exact) mass is 430 g/mol. The van der Waals surface area contributed by atoms with Crippen molar-refractivity contribution in [2.24, 2.45) is 5.73 Å². The van der Waals surface area contributed by atoms with E-state index >= 15 is 0 Å². The minimum absolute atomic E-state index is 0.0216. The molecule has 160 valence electrons. The molecule has 0 bridgehead atoms. The van der Waals surface area contributed by atoms with E-state index in [-0.39, 0.29) is 19.0 Å². The Hall–Kier alpha value is -3.08. The second-order valence-electron chi connectivity index (χ2n) is 6.63. The van der Waals surface area contributed by atoms with Crippen LogP contribution in [-0.2, 0) is 17.1 Å². The van der Waals surface area contributed by atoms with Gasteiger partial charge in [0.25, 0.3) is 0 Å². The number of amides is 1. The second kappa shape index (κ2) is 7.98. The minimum Gasteiger partial charge on any atom is -0.330 e. The molecule has 1 amide bonds. The van der Waals surface area contributed by atoms with E-state index in [1.165, 1.54) is 12.3 Å². The van der Waals surface area contributed by atoms with E-state index in [1.54, 1.807) is 12.1 Å². The number of hydrogen-bond donors (Lipinski definition) is 3. The number of aromatic amines is 1. The number of carbonyl (C=O) groups is 1. The van der Waals surface area contributed by atoms with Gasteiger partial charge in [-0.3, -0.25) is 9.89 Å². The van der Waals surface area contributed by atoms with Crippen LogP contribution in [0.2, 0.25) is 0 Å². The predicted octanol–water partition coefficient (Wildman–Crippen LogP) is 4.67. The lowest BCUT2D eigenvalue weighted by Crippen LogP contribution is -2.24. The van der Waals surface area contributed by atoms with Gasteiger partial charge in [-0.05, 0) is 54.9 Å². The summed E-state index contributed by atoms with van der Waals surface area (Å²) in [4.78, 5) is 12.7. The largest absolute Gasteiger partial charge is 0.416 e. The third kappa shape index (κ3) is 4.73. The van der Waals surface area contributed by atoms with E-state index < -0.39 is 40.9 Å². The number of nitrogens with zero attached hydrogens (tertiary/aromatic N) is 1. The predicted molar refractivity (Wildman–Crippen MR) is 97.6 cm³/mol. The number of rotatable bonds is 5. The van der Waals surface area contributed by atoms with Crippen LogP contribution in [0.25, 0.3) is 10.9 Å². The number of H-pyrrole nitrogens is 1. The third-order valence-corrected chi connectivity index (χ3v) is 4.49. The molecule has 30 heavy (non-hydrogen) atoms. The van der Waals surface area contributed by atoms with Gasteiger partial charge in [0.05, 0.1) is 28.8 Å². The zero-order valence-corrected chi connectivity index (χ0v) is 15.2. The average molecular weight is 430 g/mol. The molecule has 4 N–H and O–H groups in total. The zero-order valence-electron chi connectivity index (χ0n) is 15.2. The molecule has 0 aliphatic carbocycles. The molecule has 0 spiro atoms. The smallest absolute Gasteiger partial charge is 0.330 e. The first-order valence-corrected chi connectivity index (χ1v) is 8.72. The van der Waals surface area contributed by atoms with Gasteiger partial charge in [-0.1, -0.05) is 0 Å². The Labute approximate surface area is 166 Å². The summed E-state index contributed by atoms with van der Waals surface area (Å²) in [5.41, 5.74) is 3.10. The van der Waals surface area contributed by atoms with Crippen molar-refractivity contribution in [2.45, 2.75) is 24.7 Å². The summed E-state index contributed by atoms with van der Waals surface area (Å²) in [5.74, 6) is -2.07. The lowest BCUT2D eigenvalue weighted by atomic mass is 9.91. The van der Waals surface area contributed by atoms with Crippen molar-refractivity contribution >= 4 is 22.5 Å². The average Bonchev–Trinajstić information content (AvgIpc) is 3.12. The summed E-state index contributed by atoms with van der Waals surface area (Å²) in [5, 5.41) is 9.74. The highest BCUT2D eigenvalue weighted by molar-refractivity contribution is 5.97. The van der Waals surface area contributed by atoms with Gasteiger partial charge >= 0.3 is 12.4 Å². The van der Waals surface area contributed by atoms with Crippen molar-refractivity contribution in [3.05, 3.63) is 59.3 Å². The molecule has 0 aliphatic heterocycles. The molecule has 0 saturated heterocycles. The Morgan fingerprint density at radius 1 is 1.03 bits per heavy atom. The summed E-state index contributed by atoms with van der Waals surface area (Å²) < 4.78 is 78.9. The second-order valence-corrected chi connectivity index (χ2v) is 6.63. The first kappa shape index (κ1) is 21.6. The number of benzene rings is 2. The van der Waals surface area contributed by atoms with Crippen LogP contribution in [0.4, 0.5) is 32.0 Å². The van der Waals surface area contributed by atoms with Gasteiger partial charge in [0.2, 0.25) is 5.91 Å². The number of aromatic nitrogens is 2. The Morgan fingerprint density at radius 2 is 1.67 bits per heavy atom. The fraction of sp³-hybridized carbons (Fsp3) is 0.263. The van der Waals surface area contributed by atoms with Gasteiger partial charge < -0.3 is 11.1 Å². The molecule has 2 aromatic carbocycles. The number of alkyl halides is 6. The van der Waals surface area contributed by atoms with Crippen LogP contribution >= 0.6 is 0 Å². The number of fused-ring (bicyclic) bond motifs is 1. The molecule has 0 radical (unpaired) electrons. The third-order valence-electron chi connectivity index (χ3n) is 4.49. The van der Waals surface area contributed by atoms with Crippen LogP contribution in [0.5, 0.6) is 0 Å². The maximum absolute atomic E-state index is 13.1. The normalized spacial score (nSPS) is 13.4. The first-order valence-electron chi connectivity index (χ1n) is 8.72. The van der Waals surface area contributed by atoms with E-state index in [0.29, 0.717) is 28.7 Å². The Morgan fingerprint density at radius 3 is 2.23 bits per heavy atom. The van der Waals surface area contributed by atoms with E-state index in [4.69, 9.17) is 5.73 Å². The fourth-order valence-electron chi connectivity index (χ4n) is 3.05. The molecule has 1 heterocycles. The highest BCUT2D eigenvalue weighted by Crippen LogP contribution is 2.38. The summed E-state index contributed by atoms with van der Waals surface area (Å²) in [6, 6.07) is 5.85. The van der Waals surface area contributed by atoms with Crippen LogP contribution in [0.1, 0.15) is 29.0 Å². The van der Waals surface area contributed by atoms with E-state index in [2.05, 4.69) is 15.5 Å². The highest BCUT2D eigenvalue weighted by Gasteiger charge is 2.38. The molecule has 0 fully saturated rings. The van der Waals surface area contributed by atoms with Crippen LogP contribution in [0.3, 0.4) is 0 Å². The number of nitrogens with two attached hydrogens (primary N) is 1. The maximum atomic E-state index is 13.1. The van der Waals surface area contributed by atoms with Gasteiger partial charge in [-0.2, -0.15) is 31.4 Å². The maximum Gasteiger partial charge on any atom is 0.416 e. The summed E-state index contributed by atoms with van der Waals surface area (Å²) >= 11 is 0. The van der Waals surface area contributed by atoms with Crippen LogP contribution in [0.15, 0.2) is 42.6 Å². The van der Waals surface area contributed by atoms with E-state index in [0.717, 1.165) is 0 Å². The van der Waals surface area contributed by atoms with Crippen LogP contribution < -0.4 is 11.1 Å². The number of halogens is 6. The van der Waals surface area contributed by atoms with Crippen LogP contribution in [-0.4, -0.2) is 22.6 Å². The Balaban J connectivity index is 1.98. The molecular weight excluding hydrogens is 414 g/mol. The van der Waals surface area contributed by atoms with Gasteiger partial charge in [-0.15, -0.1) is 0 Å². The molecule has 5 nitrogen and oxygen atoms in total. The van der Waals surface area contributed by atoms with Crippen molar-refractivity contribution < 1.29 is 31.1 Å². The Bertz CT molecular complexity index is 1020. The quantitative estimate of drug-likeness (QED) is 0.515. The summed E-state index contributed by atoms with van der Waals surface area (Å²) in [6.45, 7) is -0.115. The molecule has 1 aromatic heterocycles. The molecule has 3 aromatic rings. The lowest BCUT2D eigenvalue weighted by Gasteiger charge is -2.20. The number of hydrogen-bond acceptors (Lipinski definition) is 3. The minimum atomic E-state index is -5.01. The van der Waals surface area contributed by atoms with Gasteiger partial charge in [0.1, 0.15) is 0 Å². The first-order chi connectivity index (χ1) is 14.0. The van der Waals surface area contributed by atoms with Gasteiger partial charge in [-0.25, -0.2) is 0 Å². The number of carbonyl (C=O) groups excluding carboxylic acids is 1. The SMILES string of the molecule is NCCC(C(=O)Nc1ccc2[nH]ncc2c1)c1cc(C(F)(F)F)cc(C(F)(F)F)c1. The standard InChI is InChI=1S/C19H16F6N4O/c20-18(21,22)12-5-10(6-13(8-12)19(23,24)25)15(3-4-26)17(30)28-14-1-2-16-11(7-14)9-27-29-16/h1-2,5-9,15H,3-4,26H2,(H,27,29)(H,28,30). The van der Waals surface area contributed by atoms with Gasteiger partial charge in [0.15, 0.2) is 0 Å². The Kier molecular flexibility index (Phi) is 5.75. The topological polar surface area (TPSA) is 83.8 Å². The zero-order chi connectivity index (χ0) is 22.1. The van der Waals surface area contributed by atoms with Crippen molar-refractivity contribution in [3.8, 4) is 0 Å². The van der Waals surface area contributed by atoms with E-state index in [9.17, 15) is 31.1 Å². The molecule has 1 unspecified atom stereocenters. The highest BCUT2D eigenvalue weighted by atomic mass is 19.4. The van der Waals surface area contributed by atoms with Crippen LogP contribution in [0, 0.1) is 0 Å². The molecule has 1 atom stereocenters. The van der Waals surface area contributed by atoms with E-state index in [1.807, 2.05) is 0 Å².